The first kappa shape index (κ1) is 26.5. The third kappa shape index (κ3) is 5.67. The number of benzene rings is 3. The minimum Gasteiger partial charge on any atom is -0.507 e. The number of hydrogen-bond donors (Lipinski definition) is 2. The number of rotatable bonds is 9. The van der Waals surface area contributed by atoms with E-state index in [-0.39, 0.29) is 24.4 Å². The largest absolute Gasteiger partial charge is 0.507 e. The third-order valence-electron chi connectivity index (χ3n) is 7.40. The molecule has 5 rings (SSSR count). The summed E-state index contributed by atoms with van der Waals surface area (Å²) in [5.41, 5.74) is 3.74. The number of phenols is 1. The molecule has 0 saturated carbocycles. The first-order valence-electron chi connectivity index (χ1n) is 13.2. The summed E-state index contributed by atoms with van der Waals surface area (Å²) in [6.07, 6.45) is 4.84. The molecule has 198 valence electrons. The van der Waals surface area contributed by atoms with E-state index in [4.69, 9.17) is 9.39 Å². The van der Waals surface area contributed by atoms with Crippen LogP contribution >= 0.6 is 0 Å². The number of para-hydroxylation sites is 1. The lowest BCUT2D eigenvalue weighted by molar-refractivity contribution is 0.168. The van der Waals surface area contributed by atoms with Gasteiger partial charge in [-0.05, 0) is 59.6 Å². The highest BCUT2D eigenvalue weighted by Gasteiger charge is 2.48. The fourth-order valence-corrected chi connectivity index (χ4v) is 7.75. The van der Waals surface area contributed by atoms with Crippen molar-refractivity contribution in [2.75, 3.05) is 12.4 Å². The summed E-state index contributed by atoms with van der Waals surface area (Å²) in [5, 5.41) is 21.8. The van der Waals surface area contributed by atoms with Crippen LogP contribution in [0.2, 0.25) is 6.32 Å². The van der Waals surface area contributed by atoms with Gasteiger partial charge in [-0.15, -0.1) is 0 Å². The van der Waals surface area contributed by atoms with Gasteiger partial charge >= 0.3 is 7.12 Å². The van der Waals surface area contributed by atoms with Crippen molar-refractivity contribution in [2.45, 2.75) is 50.3 Å². The number of sulfone groups is 1. The van der Waals surface area contributed by atoms with Gasteiger partial charge in [0.15, 0.2) is 9.84 Å². The molecule has 0 aliphatic carbocycles. The molecule has 1 saturated heterocycles. The van der Waals surface area contributed by atoms with E-state index in [9.17, 15) is 18.5 Å². The number of aromatic hydroxyl groups is 1. The lowest BCUT2D eigenvalue weighted by Gasteiger charge is -2.32. The lowest BCUT2D eigenvalue weighted by atomic mass is 9.74. The summed E-state index contributed by atoms with van der Waals surface area (Å²) in [5.74, 6) is 0.873. The van der Waals surface area contributed by atoms with Crippen LogP contribution in [-0.4, -0.2) is 49.4 Å². The summed E-state index contributed by atoms with van der Waals surface area (Å²) in [6.45, 7) is 2.31. The van der Waals surface area contributed by atoms with Gasteiger partial charge in [0.2, 0.25) is 0 Å². The molecule has 8 heteroatoms. The Hall–Kier alpha value is -3.07. The molecule has 0 spiro atoms. The fraction of sp³-hybridized carbons (Fsp3) is 0.333. The lowest BCUT2D eigenvalue weighted by Crippen LogP contribution is -2.42. The summed E-state index contributed by atoms with van der Waals surface area (Å²) >= 11 is 0. The van der Waals surface area contributed by atoms with Gasteiger partial charge in [0.05, 0.1) is 17.1 Å². The Kier molecular flexibility index (Phi) is 7.93. The maximum atomic E-state index is 13.0. The van der Waals surface area contributed by atoms with Crippen LogP contribution in [0.3, 0.4) is 0 Å². The molecular formula is C30H33BO6S. The van der Waals surface area contributed by atoms with E-state index in [0.717, 1.165) is 40.3 Å². The van der Waals surface area contributed by atoms with Crippen molar-refractivity contribution in [1.82, 2.24) is 0 Å². The van der Waals surface area contributed by atoms with Gasteiger partial charge in [-0.2, -0.15) is 0 Å². The molecule has 0 bridgehead atoms. The molecular weight excluding hydrogens is 499 g/mol. The highest BCUT2D eigenvalue weighted by atomic mass is 32.2. The summed E-state index contributed by atoms with van der Waals surface area (Å²) in [6, 6.07) is 20.8. The van der Waals surface area contributed by atoms with Gasteiger partial charge < -0.3 is 19.5 Å². The molecule has 2 heterocycles. The molecule has 1 fully saturated rings. The van der Waals surface area contributed by atoms with Crippen LogP contribution in [0.1, 0.15) is 38.2 Å². The van der Waals surface area contributed by atoms with Crippen molar-refractivity contribution in [1.29, 1.82) is 0 Å². The second kappa shape index (κ2) is 11.4. The molecule has 2 aliphatic heterocycles. The van der Waals surface area contributed by atoms with Crippen LogP contribution in [0.25, 0.3) is 16.8 Å². The van der Waals surface area contributed by atoms with Gasteiger partial charge in [-0.25, -0.2) is 8.42 Å². The average molecular weight is 532 g/mol. The molecule has 0 unspecified atom stereocenters. The number of allylic oxidation sites excluding steroid dienone is 1. The first-order chi connectivity index (χ1) is 18.4. The molecule has 0 radical (unpaired) electrons. The summed E-state index contributed by atoms with van der Waals surface area (Å²) < 4.78 is 38.0. The van der Waals surface area contributed by atoms with E-state index in [0.29, 0.717) is 18.6 Å². The normalized spacial score (nSPS) is 21.1. The minimum atomic E-state index is -3.42. The predicted molar refractivity (Wildman–Crippen MR) is 152 cm³/mol. The fourth-order valence-electron chi connectivity index (χ4n) is 5.65. The van der Waals surface area contributed by atoms with Crippen LogP contribution < -0.4 is 4.74 Å². The van der Waals surface area contributed by atoms with Crippen molar-refractivity contribution < 1.29 is 27.9 Å². The Balaban J connectivity index is 1.41. The zero-order valence-corrected chi connectivity index (χ0v) is 22.4. The quantitative estimate of drug-likeness (QED) is 0.277. The Bertz CT molecular complexity index is 1460. The van der Waals surface area contributed by atoms with Crippen molar-refractivity contribution >= 4 is 33.8 Å². The Morgan fingerprint density at radius 1 is 1.05 bits per heavy atom. The van der Waals surface area contributed by atoms with E-state index in [1.54, 1.807) is 6.07 Å². The average Bonchev–Trinajstić information content (AvgIpc) is 3.17. The zero-order valence-electron chi connectivity index (χ0n) is 21.5. The van der Waals surface area contributed by atoms with Gasteiger partial charge in [0.25, 0.3) is 0 Å². The van der Waals surface area contributed by atoms with Crippen LogP contribution in [0.15, 0.2) is 83.4 Å². The number of hydrogen-bond acceptors (Lipinski definition) is 6. The highest BCUT2D eigenvalue weighted by Crippen LogP contribution is 2.40. The monoisotopic (exact) mass is 532 g/mol. The minimum absolute atomic E-state index is 0.0557. The molecule has 38 heavy (non-hydrogen) atoms. The van der Waals surface area contributed by atoms with E-state index in [1.807, 2.05) is 60.7 Å². The number of fused-ring (bicyclic) bond motifs is 2. The first-order valence-corrected chi connectivity index (χ1v) is 14.9. The molecule has 2 atom stereocenters. The smallest absolute Gasteiger partial charge is 0.456 e. The third-order valence-corrected chi connectivity index (χ3v) is 9.46. The Morgan fingerprint density at radius 2 is 1.79 bits per heavy atom. The van der Waals surface area contributed by atoms with Crippen LogP contribution in [0.4, 0.5) is 0 Å². The van der Waals surface area contributed by atoms with Crippen LogP contribution in [-0.2, 0) is 14.5 Å². The Morgan fingerprint density at radius 3 is 2.55 bits per heavy atom. The van der Waals surface area contributed by atoms with Gasteiger partial charge in [0.1, 0.15) is 18.1 Å². The predicted octanol–water partition coefficient (Wildman–Crippen LogP) is 5.56. The van der Waals surface area contributed by atoms with Crippen molar-refractivity contribution in [3.8, 4) is 11.5 Å². The van der Waals surface area contributed by atoms with Gasteiger partial charge in [-0.3, -0.25) is 0 Å². The van der Waals surface area contributed by atoms with Crippen LogP contribution in [0, 0.1) is 0 Å². The number of phenolic OH excluding ortho intramolecular Hbond substituents is 1. The second-order valence-corrected chi connectivity index (χ2v) is 12.3. The summed E-state index contributed by atoms with van der Waals surface area (Å²) in [4.78, 5) is 0. The summed E-state index contributed by atoms with van der Waals surface area (Å²) in [7, 11) is -4.54. The molecule has 2 N–H and O–H groups in total. The van der Waals surface area contributed by atoms with E-state index >= 15 is 0 Å². The molecule has 0 aromatic heterocycles. The highest BCUT2D eigenvalue weighted by molar-refractivity contribution is 7.92. The molecule has 3 aromatic carbocycles. The SMILES string of the molecule is CCC/C(=C\c1ccc(O)c2ccccc12)CC[C@H]1OB(O)C[C@H]2C1=C(COc1ccccc1)CS2(=O)=O. The zero-order chi connectivity index (χ0) is 26.7. The van der Waals surface area contributed by atoms with Gasteiger partial charge in [-0.1, -0.05) is 73.5 Å². The molecule has 6 nitrogen and oxygen atoms in total. The van der Waals surface area contributed by atoms with Crippen LogP contribution in [0.5, 0.6) is 11.5 Å². The maximum Gasteiger partial charge on any atom is 0.456 e. The Labute approximate surface area is 224 Å². The molecule has 2 aliphatic rings. The van der Waals surface area contributed by atoms with Crippen molar-refractivity contribution in [3.63, 3.8) is 0 Å². The number of ether oxygens (including phenoxy) is 1. The van der Waals surface area contributed by atoms with Crippen molar-refractivity contribution in [2.24, 2.45) is 0 Å². The topological polar surface area (TPSA) is 93.1 Å². The standard InChI is InChI=1S/C30H33BO6S/c1-2-8-21(17-22-14-15-27(32)26-12-7-6-11-25(22)26)13-16-28-30-23(19-36-24-9-4-3-5-10-24)20-38(34,35)29(30)18-31(33)37-28/h3-7,9-12,14-15,17,28-29,32-33H,2,8,13,16,18-20H2,1H3/b21-17+/t28-,29+/m1/s1. The van der Waals surface area contributed by atoms with E-state index in [2.05, 4.69) is 13.0 Å². The molecule has 0 amide bonds. The van der Waals surface area contributed by atoms with E-state index < -0.39 is 28.3 Å². The van der Waals surface area contributed by atoms with E-state index in [1.165, 1.54) is 5.57 Å². The second-order valence-electron chi connectivity index (χ2n) is 10.1. The molecule has 3 aromatic rings. The van der Waals surface area contributed by atoms with Crippen molar-refractivity contribution in [3.05, 3.63) is 89.0 Å². The maximum absolute atomic E-state index is 13.0. The van der Waals surface area contributed by atoms with Gasteiger partial charge in [0, 0.05) is 11.7 Å².